The van der Waals surface area contributed by atoms with Crippen LogP contribution in [-0.2, 0) is 4.74 Å². The Morgan fingerprint density at radius 2 is 2.00 bits per heavy atom. The standard InChI is InChI=1S/C20H29N3O4/c1-20(2,3)27-19(25)21-17-9-14-11-23(22-16(14)10-18(17)26-4)15-7-5-13(12-24)6-8-15/h9-11,13,15,24H,5-8,12H2,1-4H3,(H,21,25). The zero-order chi connectivity index (χ0) is 19.6. The number of benzene rings is 1. The second kappa shape index (κ2) is 7.76. The number of methoxy groups -OCH3 is 1. The van der Waals surface area contributed by atoms with Crippen molar-refractivity contribution in [3.05, 3.63) is 18.3 Å². The van der Waals surface area contributed by atoms with E-state index in [0.29, 0.717) is 23.4 Å². The average Bonchev–Trinajstić information content (AvgIpc) is 3.02. The minimum Gasteiger partial charge on any atom is -0.494 e. The Balaban J connectivity index is 1.81. The molecule has 1 saturated carbocycles. The van der Waals surface area contributed by atoms with Crippen LogP contribution in [0, 0.1) is 5.92 Å². The zero-order valence-electron chi connectivity index (χ0n) is 16.5. The van der Waals surface area contributed by atoms with Crippen molar-refractivity contribution >= 4 is 22.7 Å². The number of aromatic nitrogens is 2. The lowest BCUT2D eigenvalue weighted by molar-refractivity contribution is 0.0635. The monoisotopic (exact) mass is 375 g/mol. The van der Waals surface area contributed by atoms with E-state index < -0.39 is 11.7 Å². The third kappa shape index (κ3) is 4.71. The number of aliphatic hydroxyl groups is 1. The number of hydrogen-bond acceptors (Lipinski definition) is 5. The van der Waals surface area contributed by atoms with Crippen molar-refractivity contribution in [2.24, 2.45) is 5.92 Å². The molecule has 0 bridgehead atoms. The van der Waals surface area contributed by atoms with Crippen LogP contribution in [0.15, 0.2) is 18.3 Å². The van der Waals surface area contributed by atoms with Crippen LogP contribution in [0.3, 0.4) is 0 Å². The molecule has 1 fully saturated rings. The molecular weight excluding hydrogens is 346 g/mol. The van der Waals surface area contributed by atoms with Gasteiger partial charge in [-0.15, -0.1) is 0 Å². The first-order chi connectivity index (χ1) is 12.8. The number of carbonyl (C=O) groups is 1. The molecule has 0 saturated heterocycles. The number of anilines is 1. The molecule has 148 valence electrons. The lowest BCUT2D eigenvalue weighted by atomic mass is 9.87. The number of ether oxygens (including phenoxy) is 2. The fourth-order valence-electron chi connectivity index (χ4n) is 3.53. The topological polar surface area (TPSA) is 85.6 Å². The van der Waals surface area contributed by atoms with Gasteiger partial charge in [-0.2, -0.15) is 5.10 Å². The maximum Gasteiger partial charge on any atom is 0.412 e. The van der Waals surface area contributed by atoms with E-state index in [1.807, 2.05) is 43.8 Å². The van der Waals surface area contributed by atoms with Crippen molar-refractivity contribution in [3.8, 4) is 5.75 Å². The summed E-state index contributed by atoms with van der Waals surface area (Å²) in [6.07, 6.45) is 5.56. The van der Waals surface area contributed by atoms with E-state index in [9.17, 15) is 9.90 Å². The van der Waals surface area contributed by atoms with Gasteiger partial charge in [-0.25, -0.2) is 4.79 Å². The second-order valence-corrected chi connectivity index (χ2v) is 8.20. The number of nitrogens with zero attached hydrogens (tertiary/aromatic N) is 2. The Morgan fingerprint density at radius 1 is 1.30 bits per heavy atom. The highest BCUT2D eigenvalue weighted by molar-refractivity contribution is 5.93. The van der Waals surface area contributed by atoms with Crippen LogP contribution in [0.2, 0.25) is 0 Å². The van der Waals surface area contributed by atoms with Crippen LogP contribution in [-0.4, -0.2) is 40.3 Å². The Bertz CT molecular complexity index is 801. The van der Waals surface area contributed by atoms with Crippen molar-refractivity contribution in [2.45, 2.75) is 58.1 Å². The summed E-state index contributed by atoms with van der Waals surface area (Å²) < 4.78 is 12.8. The van der Waals surface area contributed by atoms with Crippen LogP contribution in [0.4, 0.5) is 10.5 Å². The first-order valence-electron chi connectivity index (χ1n) is 9.47. The predicted octanol–water partition coefficient (Wildman–Crippen LogP) is 4.12. The molecule has 1 aliphatic carbocycles. The highest BCUT2D eigenvalue weighted by atomic mass is 16.6. The molecule has 1 amide bonds. The van der Waals surface area contributed by atoms with Gasteiger partial charge in [-0.05, 0) is 58.4 Å². The lowest BCUT2D eigenvalue weighted by Gasteiger charge is -2.27. The van der Waals surface area contributed by atoms with E-state index in [-0.39, 0.29) is 6.61 Å². The Kier molecular flexibility index (Phi) is 5.60. The van der Waals surface area contributed by atoms with E-state index in [1.165, 1.54) is 0 Å². The Morgan fingerprint density at radius 3 is 2.59 bits per heavy atom. The maximum atomic E-state index is 12.1. The van der Waals surface area contributed by atoms with E-state index in [0.717, 1.165) is 36.6 Å². The molecule has 0 unspecified atom stereocenters. The number of amides is 1. The first kappa shape index (κ1) is 19.5. The number of aliphatic hydroxyl groups excluding tert-OH is 1. The zero-order valence-corrected chi connectivity index (χ0v) is 16.5. The highest BCUT2D eigenvalue weighted by Gasteiger charge is 2.23. The van der Waals surface area contributed by atoms with Gasteiger partial charge in [-0.3, -0.25) is 10.00 Å². The van der Waals surface area contributed by atoms with Gasteiger partial charge < -0.3 is 14.6 Å². The van der Waals surface area contributed by atoms with Gasteiger partial charge in [0.05, 0.1) is 24.4 Å². The number of rotatable bonds is 4. The molecule has 2 N–H and O–H groups in total. The summed E-state index contributed by atoms with van der Waals surface area (Å²) in [6.45, 7) is 5.73. The summed E-state index contributed by atoms with van der Waals surface area (Å²) in [5, 5.41) is 17.7. The summed E-state index contributed by atoms with van der Waals surface area (Å²) in [7, 11) is 1.56. The molecule has 1 aromatic carbocycles. The quantitative estimate of drug-likeness (QED) is 0.840. The molecule has 7 heteroatoms. The molecule has 3 rings (SSSR count). The fraction of sp³-hybridized carbons (Fsp3) is 0.600. The molecule has 1 heterocycles. The largest absolute Gasteiger partial charge is 0.494 e. The Labute approximate surface area is 159 Å². The van der Waals surface area contributed by atoms with Crippen molar-refractivity contribution < 1.29 is 19.4 Å². The maximum absolute atomic E-state index is 12.1. The lowest BCUT2D eigenvalue weighted by Crippen LogP contribution is -2.27. The third-order valence-electron chi connectivity index (χ3n) is 4.93. The van der Waals surface area contributed by atoms with Crippen molar-refractivity contribution in [1.29, 1.82) is 0 Å². The van der Waals surface area contributed by atoms with Gasteiger partial charge >= 0.3 is 6.09 Å². The Hall–Kier alpha value is -2.28. The van der Waals surface area contributed by atoms with E-state index in [4.69, 9.17) is 14.6 Å². The number of carbonyl (C=O) groups excluding carboxylic acids is 1. The fourth-order valence-corrected chi connectivity index (χ4v) is 3.53. The van der Waals surface area contributed by atoms with Crippen LogP contribution in [0.25, 0.3) is 10.9 Å². The summed E-state index contributed by atoms with van der Waals surface area (Å²) in [4.78, 5) is 12.1. The summed E-state index contributed by atoms with van der Waals surface area (Å²) in [5.41, 5.74) is 0.813. The van der Waals surface area contributed by atoms with Gasteiger partial charge in [0.2, 0.25) is 0 Å². The normalized spacial score (nSPS) is 20.5. The molecular formula is C20H29N3O4. The number of nitrogens with one attached hydrogen (secondary N) is 1. The molecule has 1 aromatic heterocycles. The molecule has 27 heavy (non-hydrogen) atoms. The first-order valence-corrected chi connectivity index (χ1v) is 9.47. The van der Waals surface area contributed by atoms with Crippen LogP contribution >= 0.6 is 0 Å². The predicted molar refractivity (Wildman–Crippen MR) is 104 cm³/mol. The molecule has 0 aliphatic heterocycles. The minimum absolute atomic E-state index is 0.269. The summed E-state index contributed by atoms with van der Waals surface area (Å²) >= 11 is 0. The van der Waals surface area contributed by atoms with Gasteiger partial charge in [0.25, 0.3) is 0 Å². The smallest absolute Gasteiger partial charge is 0.412 e. The minimum atomic E-state index is -0.570. The van der Waals surface area contributed by atoms with E-state index >= 15 is 0 Å². The molecule has 0 radical (unpaired) electrons. The van der Waals surface area contributed by atoms with E-state index in [2.05, 4.69) is 5.32 Å². The van der Waals surface area contributed by atoms with Crippen molar-refractivity contribution in [1.82, 2.24) is 9.78 Å². The van der Waals surface area contributed by atoms with Crippen molar-refractivity contribution in [2.75, 3.05) is 19.0 Å². The molecule has 1 aliphatic rings. The number of hydrogen-bond donors (Lipinski definition) is 2. The number of fused-ring (bicyclic) bond motifs is 1. The van der Waals surface area contributed by atoms with Crippen LogP contribution in [0.5, 0.6) is 5.75 Å². The van der Waals surface area contributed by atoms with Gasteiger partial charge in [-0.1, -0.05) is 0 Å². The van der Waals surface area contributed by atoms with Gasteiger partial charge in [0, 0.05) is 24.3 Å². The molecule has 0 spiro atoms. The SMILES string of the molecule is COc1cc2nn(C3CCC(CO)CC3)cc2cc1NC(=O)OC(C)(C)C. The van der Waals surface area contributed by atoms with Crippen LogP contribution in [0.1, 0.15) is 52.5 Å². The summed E-state index contributed by atoms with van der Waals surface area (Å²) in [6, 6.07) is 4.03. The van der Waals surface area contributed by atoms with E-state index in [1.54, 1.807) is 7.11 Å². The summed E-state index contributed by atoms with van der Waals surface area (Å²) in [5.74, 6) is 0.957. The average molecular weight is 375 g/mol. The van der Waals surface area contributed by atoms with Crippen molar-refractivity contribution in [3.63, 3.8) is 0 Å². The van der Waals surface area contributed by atoms with Gasteiger partial charge in [0.15, 0.2) is 0 Å². The van der Waals surface area contributed by atoms with Gasteiger partial charge in [0.1, 0.15) is 11.4 Å². The molecule has 7 nitrogen and oxygen atoms in total. The second-order valence-electron chi connectivity index (χ2n) is 8.20. The third-order valence-corrected chi connectivity index (χ3v) is 4.93. The highest BCUT2D eigenvalue weighted by Crippen LogP contribution is 2.34. The molecule has 0 atom stereocenters. The molecule has 2 aromatic rings. The van der Waals surface area contributed by atoms with Crippen LogP contribution < -0.4 is 10.1 Å².